The van der Waals surface area contributed by atoms with Crippen molar-refractivity contribution in [2.24, 2.45) is 11.8 Å². The third-order valence-electron chi connectivity index (χ3n) is 2.42. The number of hydrogen-bond donors (Lipinski definition) is 0. The van der Waals surface area contributed by atoms with Crippen LogP contribution < -0.4 is 0 Å². The number of allylic oxidation sites excluding steroid dienone is 4. The van der Waals surface area contributed by atoms with Crippen molar-refractivity contribution in [3.05, 3.63) is 23.6 Å². The highest BCUT2D eigenvalue weighted by atomic mass is 19.4. The van der Waals surface area contributed by atoms with Gasteiger partial charge in [0.15, 0.2) is 0 Å². The smallest absolute Gasteiger partial charge is 0.207 e. The van der Waals surface area contributed by atoms with E-state index in [-0.39, 0.29) is 18.3 Å². The summed E-state index contributed by atoms with van der Waals surface area (Å²) in [6.07, 6.45) is -2.35. The van der Waals surface area contributed by atoms with Crippen LogP contribution in [-0.2, 0) is 0 Å². The third kappa shape index (κ3) is 2.36. The topological polar surface area (TPSA) is 0 Å². The summed E-state index contributed by atoms with van der Waals surface area (Å²) in [7, 11) is 0. The first-order valence-corrected chi connectivity index (χ1v) is 4.46. The number of hydrogen-bond acceptors (Lipinski definition) is 0. The van der Waals surface area contributed by atoms with Gasteiger partial charge in [0.2, 0.25) is 0 Å². The zero-order chi connectivity index (χ0) is 10.9. The van der Waals surface area contributed by atoms with Crippen molar-refractivity contribution >= 4 is 0 Å². The second kappa shape index (κ2) is 3.75. The molecule has 14 heavy (non-hydrogen) atoms. The van der Waals surface area contributed by atoms with E-state index >= 15 is 0 Å². The predicted octanol–water partition coefficient (Wildman–Crippen LogP) is 4.00. The lowest BCUT2D eigenvalue weighted by Gasteiger charge is -2.23. The van der Waals surface area contributed by atoms with Crippen LogP contribution in [0.3, 0.4) is 0 Å². The Morgan fingerprint density at radius 1 is 1.36 bits per heavy atom. The zero-order valence-corrected chi connectivity index (χ0v) is 8.03. The van der Waals surface area contributed by atoms with Crippen LogP contribution >= 0.6 is 0 Å². The molecule has 0 aromatic heterocycles. The first kappa shape index (κ1) is 11.3. The molecule has 0 amide bonds. The summed E-state index contributed by atoms with van der Waals surface area (Å²) in [5.74, 6) is -1.27. The fourth-order valence-electron chi connectivity index (χ4n) is 1.42. The lowest BCUT2D eigenvalue weighted by Crippen LogP contribution is -2.20. The van der Waals surface area contributed by atoms with Gasteiger partial charge in [-0.3, -0.25) is 0 Å². The van der Waals surface area contributed by atoms with Crippen molar-refractivity contribution in [2.45, 2.75) is 26.4 Å². The van der Waals surface area contributed by atoms with Gasteiger partial charge in [-0.25, -0.2) is 4.39 Å². The minimum absolute atomic E-state index is 0.0942. The molecule has 0 radical (unpaired) electrons. The van der Waals surface area contributed by atoms with Crippen molar-refractivity contribution in [2.75, 3.05) is 0 Å². The molecule has 0 heterocycles. The van der Waals surface area contributed by atoms with E-state index < -0.39 is 17.6 Å². The first-order chi connectivity index (χ1) is 6.32. The van der Waals surface area contributed by atoms with Crippen molar-refractivity contribution in [3.8, 4) is 0 Å². The summed E-state index contributed by atoms with van der Waals surface area (Å²) in [6.45, 7) is 3.65. The number of halogens is 4. The highest BCUT2D eigenvalue weighted by Gasteiger charge is 2.39. The largest absolute Gasteiger partial charge is 0.415 e. The Morgan fingerprint density at radius 2 is 1.93 bits per heavy atom. The van der Waals surface area contributed by atoms with Gasteiger partial charge in [-0.05, 0) is 24.3 Å². The highest BCUT2D eigenvalue weighted by molar-refractivity contribution is 5.28. The summed E-state index contributed by atoms with van der Waals surface area (Å²) >= 11 is 0. The van der Waals surface area contributed by atoms with Crippen LogP contribution in [0.1, 0.15) is 20.3 Å². The molecule has 1 aliphatic carbocycles. The maximum absolute atomic E-state index is 12.9. The minimum atomic E-state index is -4.54. The Morgan fingerprint density at radius 3 is 2.36 bits per heavy atom. The summed E-state index contributed by atoms with van der Waals surface area (Å²) < 4.78 is 49.7. The maximum Gasteiger partial charge on any atom is 0.415 e. The van der Waals surface area contributed by atoms with E-state index in [9.17, 15) is 17.6 Å². The molecular formula is C10H12F4. The van der Waals surface area contributed by atoms with Crippen LogP contribution in [0.25, 0.3) is 0 Å². The van der Waals surface area contributed by atoms with Crippen LogP contribution in [-0.4, -0.2) is 6.18 Å². The van der Waals surface area contributed by atoms with Crippen LogP contribution in [0.2, 0.25) is 0 Å². The van der Waals surface area contributed by atoms with Gasteiger partial charge in [-0.2, -0.15) is 13.2 Å². The monoisotopic (exact) mass is 208 g/mol. The SMILES string of the molecule is CC(C)C1C=CC(F)=C(C(F)(F)F)C1. The summed E-state index contributed by atoms with van der Waals surface area (Å²) in [5, 5.41) is 0. The summed E-state index contributed by atoms with van der Waals surface area (Å²) in [4.78, 5) is 0. The van der Waals surface area contributed by atoms with Crippen molar-refractivity contribution in [3.63, 3.8) is 0 Å². The molecule has 4 heteroatoms. The molecular weight excluding hydrogens is 196 g/mol. The van der Waals surface area contributed by atoms with Gasteiger partial charge in [0.05, 0.1) is 5.57 Å². The van der Waals surface area contributed by atoms with Gasteiger partial charge < -0.3 is 0 Å². The maximum atomic E-state index is 12.9. The predicted molar refractivity (Wildman–Crippen MR) is 46.3 cm³/mol. The standard InChI is InChI=1S/C10H12F4/c1-6(2)7-3-4-9(11)8(5-7)10(12,13)14/h3-4,6-7H,5H2,1-2H3. The Balaban J connectivity index is 2.90. The normalized spacial score (nSPS) is 23.5. The van der Waals surface area contributed by atoms with Crippen LogP contribution in [0.15, 0.2) is 23.6 Å². The van der Waals surface area contributed by atoms with Gasteiger partial charge in [-0.1, -0.05) is 19.9 Å². The third-order valence-corrected chi connectivity index (χ3v) is 2.42. The van der Waals surface area contributed by atoms with Gasteiger partial charge in [0, 0.05) is 0 Å². The molecule has 0 N–H and O–H groups in total. The first-order valence-electron chi connectivity index (χ1n) is 4.46. The van der Waals surface area contributed by atoms with Gasteiger partial charge >= 0.3 is 6.18 Å². The average molecular weight is 208 g/mol. The van der Waals surface area contributed by atoms with E-state index in [0.717, 1.165) is 6.08 Å². The Kier molecular flexibility index (Phi) is 3.02. The minimum Gasteiger partial charge on any atom is -0.207 e. The fraction of sp³-hybridized carbons (Fsp3) is 0.600. The van der Waals surface area contributed by atoms with E-state index in [1.807, 2.05) is 13.8 Å². The summed E-state index contributed by atoms with van der Waals surface area (Å²) in [5.41, 5.74) is -1.03. The van der Waals surface area contributed by atoms with Crippen LogP contribution in [0.4, 0.5) is 17.6 Å². The average Bonchev–Trinajstić information content (AvgIpc) is 2.02. The number of rotatable bonds is 1. The number of alkyl halides is 3. The van der Waals surface area contributed by atoms with Crippen LogP contribution in [0, 0.1) is 11.8 Å². The molecule has 0 fully saturated rings. The quantitative estimate of drug-likeness (QED) is 0.571. The van der Waals surface area contributed by atoms with E-state index in [2.05, 4.69) is 0 Å². The lowest BCUT2D eigenvalue weighted by atomic mass is 9.85. The summed E-state index contributed by atoms with van der Waals surface area (Å²) in [6, 6.07) is 0. The molecule has 1 aliphatic rings. The van der Waals surface area contributed by atoms with E-state index in [1.165, 1.54) is 6.08 Å². The molecule has 0 nitrogen and oxygen atoms in total. The molecule has 0 aliphatic heterocycles. The van der Waals surface area contributed by atoms with Crippen molar-refractivity contribution in [1.29, 1.82) is 0 Å². The molecule has 0 spiro atoms. The fourth-order valence-corrected chi connectivity index (χ4v) is 1.42. The molecule has 1 rings (SSSR count). The molecule has 80 valence electrons. The Hall–Kier alpha value is -0.800. The molecule has 0 aromatic rings. The van der Waals surface area contributed by atoms with E-state index in [0.29, 0.717) is 0 Å². The van der Waals surface area contributed by atoms with E-state index in [1.54, 1.807) is 0 Å². The Bertz CT molecular complexity index is 270. The van der Waals surface area contributed by atoms with Crippen molar-refractivity contribution in [1.82, 2.24) is 0 Å². The molecule has 0 saturated carbocycles. The zero-order valence-electron chi connectivity index (χ0n) is 8.03. The molecule has 0 saturated heterocycles. The second-order valence-electron chi connectivity index (χ2n) is 3.80. The Labute approximate surface area is 80.3 Å². The molecule has 1 unspecified atom stereocenters. The van der Waals surface area contributed by atoms with Gasteiger partial charge in [0.25, 0.3) is 0 Å². The van der Waals surface area contributed by atoms with Crippen molar-refractivity contribution < 1.29 is 17.6 Å². The van der Waals surface area contributed by atoms with Gasteiger partial charge in [-0.15, -0.1) is 0 Å². The van der Waals surface area contributed by atoms with Gasteiger partial charge in [0.1, 0.15) is 5.83 Å². The lowest BCUT2D eigenvalue weighted by molar-refractivity contribution is -0.0972. The van der Waals surface area contributed by atoms with E-state index in [4.69, 9.17) is 0 Å². The van der Waals surface area contributed by atoms with Crippen LogP contribution in [0.5, 0.6) is 0 Å². The molecule has 0 aromatic carbocycles. The second-order valence-corrected chi connectivity index (χ2v) is 3.80. The highest BCUT2D eigenvalue weighted by Crippen LogP contribution is 2.38. The molecule has 1 atom stereocenters. The molecule has 0 bridgehead atoms.